The Morgan fingerprint density at radius 3 is 2.33 bits per heavy atom. The molecule has 9 nitrogen and oxygen atoms in total. The molecule has 2 aromatic rings. The zero-order valence-corrected chi connectivity index (χ0v) is 20.1. The first-order chi connectivity index (χ1) is 15.7. The van der Waals surface area contributed by atoms with Gasteiger partial charge in [-0.05, 0) is 50.6 Å². The van der Waals surface area contributed by atoms with E-state index in [1.807, 2.05) is 6.92 Å². The number of nitrogens with zero attached hydrogens (tertiary/aromatic N) is 1. The van der Waals surface area contributed by atoms with E-state index in [-0.39, 0.29) is 22.2 Å². The molecule has 0 atom stereocenters. The summed E-state index contributed by atoms with van der Waals surface area (Å²) in [5.41, 5.74) is 0.682. The van der Waals surface area contributed by atoms with Crippen molar-refractivity contribution in [2.24, 2.45) is 0 Å². The number of esters is 1. The first-order valence-electron chi connectivity index (χ1n) is 10.5. The van der Waals surface area contributed by atoms with E-state index in [4.69, 9.17) is 13.7 Å². The summed E-state index contributed by atoms with van der Waals surface area (Å²) in [7, 11) is -2.73. The molecule has 0 radical (unpaired) electrons. The van der Waals surface area contributed by atoms with Gasteiger partial charge in [-0.2, -0.15) is 8.42 Å². The molecule has 2 amide bonds. The molecule has 0 fully saturated rings. The third kappa shape index (κ3) is 7.76. The van der Waals surface area contributed by atoms with Gasteiger partial charge in [-0.1, -0.05) is 24.3 Å². The number of benzene rings is 2. The van der Waals surface area contributed by atoms with Gasteiger partial charge in [-0.15, -0.1) is 0 Å². The molecule has 0 unspecified atom stereocenters. The van der Waals surface area contributed by atoms with Crippen LogP contribution >= 0.6 is 0 Å². The molecule has 0 aliphatic carbocycles. The Bertz CT molecular complexity index is 1040. The number of hydrogen-bond donors (Lipinski definition) is 1. The number of carbonyl (C=O) groups is 2. The highest BCUT2D eigenvalue weighted by molar-refractivity contribution is 7.87. The van der Waals surface area contributed by atoms with E-state index in [9.17, 15) is 18.0 Å². The second kappa shape index (κ2) is 12.2. The van der Waals surface area contributed by atoms with Crippen molar-refractivity contribution in [2.45, 2.75) is 38.3 Å². The molecule has 180 valence electrons. The summed E-state index contributed by atoms with van der Waals surface area (Å²) in [6, 6.07) is 11.8. The first-order valence-corrected chi connectivity index (χ1v) is 11.9. The number of hydrogen-bond acceptors (Lipinski definition) is 7. The molecule has 33 heavy (non-hydrogen) atoms. The van der Waals surface area contributed by atoms with E-state index in [0.717, 1.165) is 5.56 Å². The maximum absolute atomic E-state index is 12.8. The van der Waals surface area contributed by atoms with Gasteiger partial charge in [0.15, 0.2) is 0 Å². The van der Waals surface area contributed by atoms with Crippen molar-refractivity contribution in [1.29, 1.82) is 0 Å². The Kier molecular flexibility index (Phi) is 9.68. The fourth-order valence-corrected chi connectivity index (χ4v) is 4.01. The lowest BCUT2D eigenvalue weighted by Gasteiger charge is -2.22. The number of carbonyl (C=O) groups excluding carboxylic acids is 2. The van der Waals surface area contributed by atoms with Gasteiger partial charge in [0, 0.05) is 26.7 Å². The van der Waals surface area contributed by atoms with E-state index in [1.165, 1.54) is 30.3 Å². The molecule has 0 bridgehead atoms. The highest BCUT2D eigenvalue weighted by Gasteiger charge is 2.25. The lowest BCUT2D eigenvalue weighted by Crippen LogP contribution is -2.41. The molecule has 0 spiro atoms. The van der Waals surface area contributed by atoms with Gasteiger partial charge < -0.3 is 23.9 Å². The summed E-state index contributed by atoms with van der Waals surface area (Å²) in [4.78, 5) is 25.9. The third-order valence-electron chi connectivity index (χ3n) is 4.40. The molecule has 10 heteroatoms. The van der Waals surface area contributed by atoms with E-state index in [1.54, 1.807) is 44.1 Å². The van der Waals surface area contributed by atoms with Crippen molar-refractivity contribution >= 4 is 22.1 Å². The van der Waals surface area contributed by atoms with Gasteiger partial charge in [0.05, 0.1) is 18.3 Å². The van der Waals surface area contributed by atoms with Crippen molar-refractivity contribution in [2.75, 3.05) is 26.8 Å². The van der Waals surface area contributed by atoms with Crippen LogP contribution in [0.4, 0.5) is 4.79 Å². The summed E-state index contributed by atoms with van der Waals surface area (Å²) in [6.45, 7) is 6.78. The van der Waals surface area contributed by atoms with Crippen LogP contribution in [0.2, 0.25) is 0 Å². The van der Waals surface area contributed by atoms with E-state index < -0.39 is 22.2 Å². The summed E-state index contributed by atoms with van der Waals surface area (Å²) in [5, 5.41) is 2.75. The molecular formula is C23H30N2O7S. The molecule has 0 heterocycles. The maximum atomic E-state index is 12.8. The summed E-state index contributed by atoms with van der Waals surface area (Å²) >= 11 is 0. The third-order valence-corrected chi connectivity index (χ3v) is 5.71. The SMILES string of the molecule is CCNC(=O)N(CCOC)Cc1ccc(OS(=O)(=O)c2ccccc2C(=O)OC(C)C)cc1. The van der Waals surface area contributed by atoms with Gasteiger partial charge >= 0.3 is 22.1 Å². The van der Waals surface area contributed by atoms with Crippen LogP contribution in [0.3, 0.4) is 0 Å². The van der Waals surface area contributed by atoms with Crippen LogP contribution in [0.5, 0.6) is 5.75 Å². The number of ether oxygens (including phenoxy) is 2. The van der Waals surface area contributed by atoms with Gasteiger partial charge in [-0.25, -0.2) is 9.59 Å². The van der Waals surface area contributed by atoms with Crippen molar-refractivity contribution < 1.29 is 31.7 Å². The van der Waals surface area contributed by atoms with Crippen LogP contribution in [0.1, 0.15) is 36.7 Å². The molecule has 2 rings (SSSR count). The molecule has 0 aromatic heterocycles. The zero-order chi connectivity index (χ0) is 24.4. The topological polar surface area (TPSA) is 111 Å². The number of methoxy groups -OCH3 is 1. The Balaban J connectivity index is 2.17. The number of rotatable bonds is 11. The molecule has 0 saturated heterocycles. The van der Waals surface area contributed by atoms with Gasteiger partial charge in [0.1, 0.15) is 10.6 Å². The molecular weight excluding hydrogens is 448 g/mol. The van der Waals surface area contributed by atoms with Crippen molar-refractivity contribution in [1.82, 2.24) is 10.2 Å². The van der Waals surface area contributed by atoms with E-state index >= 15 is 0 Å². The number of urea groups is 1. The molecule has 0 saturated carbocycles. The number of nitrogens with one attached hydrogen (secondary N) is 1. The predicted octanol–water partition coefficient (Wildman–Crippen LogP) is 3.20. The summed E-state index contributed by atoms with van der Waals surface area (Å²) < 4.78 is 41.1. The van der Waals surface area contributed by atoms with Crippen LogP contribution in [0, 0.1) is 0 Å². The normalized spacial score (nSPS) is 11.2. The summed E-state index contributed by atoms with van der Waals surface area (Å²) in [6.07, 6.45) is -0.399. The average molecular weight is 479 g/mol. The van der Waals surface area contributed by atoms with Gasteiger partial charge in [0.2, 0.25) is 0 Å². The highest BCUT2D eigenvalue weighted by Crippen LogP contribution is 2.23. The largest absolute Gasteiger partial charge is 0.459 e. The van der Waals surface area contributed by atoms with Crippen LogP contribution in [0.15, 0.2) is 53.4 Å². The lowest BCUT2D eigenvalue weighted by atomic mass is 10.2. The number of amides is 2. The Labute approximate surface area is 194 Å². The quantitative estimate of drug-likeness (QED) is 0.390. The monoisotopic (exact) mass is 478 g/mol. The Morgan fingerprint density at radius 1 is 1.06 bits per heavy atom. The fourth-order valence-electron chi connectivity index (χ4n) is 2.89. The zero-order valence-electron chi connectivity index (χ0n) is 19.2. The van der Waals surface area contributed by atoms with Crippen molar-refractivity contribution in [3.8, 4) is 5.75 Å². The second-order valence-electron chi connectivity index (χ2n) is 7.38. The second-order valence-corrected chi connectivity index (χ2v) is 8.90. The smallest absolute Gasteiger partial charge is 0.340 e. The van der Waals surface area contributed by atoms with Crippen molar-refractivity contribution in [3.63, 3.8) is 0 Å². The summed E-state index contributed by atoms with van der Waals surface area (Å²) in [5.74, 6) is -0.670. The minimum atomic E-state index is -4.29. The Morgan fingerprint density at radius 2 is 1.73 bits per heavy atom. The standard InChI is InChI=1S/C23H30N2O7S/c1-5-24-23(27)25(14-15-30-4)16-18-10-12-19(13-11-18)32-33(28,29)21-9-7-6-8-20(21)22(26)31-17(2)3/h6-13,17H,5,14-16H2,1-4H3,(H,24,27). The van der Waals surface area contributed by atoms with Crippen LogP contribution < -0.4 is 9.50 Å². The minimum absolute atomic E-state index is 0.0761. The highest BCUT2D eigenvalue weighted by atomic mass is 32.2. The fraction of sp³-hybridized carbons (Fsp3) is 0.391. The van der Waals surface area contributed by atoms with E-state index in [2.05, 4.69) is 5.32 Å². The molecule has 1 N–H and O–H groups in total. The van der Waals surface area contributed by atoms with Crippen LogP contribution in [-0.2, 0) is 26.1 Å². The lowest BCUT2D eigenvalue weighted by molar-refractivity contribution is 0.0373. The average Bonchev–Trinajstić information content (AvgIpc) is 2.77. The maximum Gasteiger partial charge on any atom is 0.340 e. The van der Waals surface area contributed by atoms with Crippen LogP contribution in [0.25, 0.3) is 0 Å². The van der Waals surface area contributed by atoms with Gasteiger partial charge in [0.25, 0.3) is 0 Å². The molecule has 0 aliphatic rings. The van der Waals surface area contributed by atoms with Crippen molar-refractivity contribution in [3.05, 3.63) is 59.7 Å². The minimum Gasteiger partial charge on any atom is -0.459 e. The molecule has 2 aromatic carbocycles. The Hall–Kier alpha value is -3.11. The van der Waals surface area contributed by atoms with Gasteiger partial charge in [-0.3, -0.25) is 0 Å². The van der Waals surface area contributed by atoms with Crippen LogP contribution in [-0.4, -0.2) is 58.2 Å². The molecule has 0 aliphatic heterocycles. The van der Waals surface area contributed by atoms with E-state index in [0.29, 0.717) is 26.2 Å². The predicted molar refractivity (Wildman–Crippen MR) is 123 cm³/mol. The first kappa shape index (κ1) is 26.1.